The fraction of sp³-hybridized carbons (Fsp3) is 0.452. The van der Waals surface area contributed by atoms with Gasteiger partial charge in [-0.2, -0.15) is 4.58 Å². The average molecular weight is 808 g/mol. The minimum Gasteiger partial charge on any atom is -0.772 e. The molecule has 14 heteroatoms. The number of carboxylic acids is 1. The highest BCUT2D eigenvalue weighted by atomic mass is 32.2. The number of aliphatic carboxylic acids is 1. The molecular weight excluding hydrogens is 757 g/mol. The molecular formula is C42H51N2O10S2-. The number of aliphatic hydroxyl groups is 1. The standard InChI is InChI=1S/C42H52N2O10S2/c1-41(23-7-10-27-54-49)32-14-3-5-16-34(32)43(25-8-11-28-55(50)51)36(41)21-19-30-39(47)31(40(30)48)20-22-37-42(2,24-13-18-38(45)46)33-15-4-6-17-35(33)44(37)26-9-12-29-56(52)53/h3-6,14-17,19-22H,7-13,18,23-29H2,1-2H3,(H4,45,46,49,50,51,52,53)/p-1/b36-21-. The Morgan fingerprint density at radius 1 is 0.857 bits per heavy atom. The first-order chi connectivity index (χ1) is 26.8. The highest BCUT2D eigenvalue weighted by Gasteiger charge is 2.47. The highest BCUT2D eigenvalue weighted by Crippen LogP contribution is 2.51. The summed E-state index contributed by atoms with van der Waals surface area (Å²) in [6.45, 7) is 5.45. The van der Waals surface area contributed by atoms with Crippen molar-refractivity contribution >= 4 is 51.0 Å². The van der Waals surface area contributed by atoms with E-state index in [-0.39, 0.29) is 47.2 Å². The lowest BCUT2D eigenvalue weighted by atomic mass is 9.75. The van der Waals surface area contributed by atoms with Crippen molar-refractivity contribution in [3.05, 3.63) is 107 Å². The Labute approximate surface area is 333 Å². The van der Waals surface area contributed by atoms with Gasteiger partial charge in [-0.3, -0.25) is 23.3 Å². The molecule has 5 rings (SSSR count). The van der Waals surface area contributed by atoms with Crippen molar-refractivity contribution in [3.63, 3.8) is 0 Å². The minimum absolute atomic E-state index is 0.00214. The number of allylic oxidation sites excluding steroid dienone is 7. The first-order valence-corrected chi connectivity index (χ1v) is 21.6. The number of para-hydroxylation sites is 2. The van der Waals surface area contributed by atoms with Crippen LogP contribution in [0.25, 0.3) is 0 Å². The number of rotatable bonds is 22. The first kappa shape index (κ1) is 43.1. The molecule has 56 heavy (non-hydrogen) atoms. The van der Waals surface area contributed by atoms with Crippen LogP contribution >= 0.6 is 0 Å². The Morgan fingerprint density at radius 2 is 1.52 bits per heavy atom. The summed E-state index contributed by atoms with van der Waals surface area (Å²) >= 11 is -4.28. The van der Waals surface area contributed by atoms with E-state index in [4.69, 9.17) is 5.26 Å². The number of unbranched alkanes of at least 4 members (excludes halogenated alkanes) is 3. The third-order valence-electron chi connectivity index (χ3n) is 11.2. The molecule has 12 nitrogen and oxygen atoms in total. The zero-order chi connectivity index (χ0) is 40.5. The van der Waals surface area contributed by atoms with Crippen molar-refractivity contribution in [1.82, 2.24) is 0 Å². The van der Waals surface area contributed by atoms with Gasteiger partial charge in [-0.1, -0.05) is 58.6 Å². The number of aliphatic hydroxyl groups excluding tert-OH is 1. The summed E-state index contributed by atoms with van der Waals surface area (Å²) in [7, 11) is 0. The lowest BCUT2D eigenvalue weighted by Crippen LogP contribution is -2.32. The normalized spacial score (nSPS) is 23.0. The first-order valence-electron chi connectivity index (χ1n) is 19.1. The van der Waals surface area contributed by atoms with E-state index < -0.39 is 39.0 Å². The van der Waals surface area contributed by atoms with Gasteiger partial charge in [-0.25, -0.2) is 4.89 Å². The van der Waals surface area contributed by atoms with E-state index in [1.54, 1.807) is 12.2 Å². The number of benzene rings is 2. The average Bonchev–Trinajstić information content (AvgIpc) is 3.54. The van der Waals surface area contributed by atoms with Crippen LogP contribution in [0.4, 0.5) is 11.4 Å². The molecule has 4 unspecified atom stereocenters. The van der Waals surface area contributed by atoms with E-state index in [1.165, 1.54) is 0 Å². The highest BCUT2D eigenvalue weighted by molar-refractivity contribution is 7.79. The van der Waals surface area contributed by atoms with Gasteiger partial charge in [0.2, 0.25) is 11.5 Å². The van der Waals surface area contributed by atoms with Gasteiger partial charge in [0.05, 0.1) is 23.2 Å². The van der Waals surface area contributed by atoms with Crippen molar-refractivity contribution in [2.24, 2.45) is 0 Å². The molecule has 3 N–H and O–H groups in total. The van der Waals surface area contributed by atoms with Gasteiger partial charge in [-0.15, -0.1) is 0 Å². The molecule has 302 valence electrons. The number of carbonyl (C=O) groups excluding carboxylic acids is 1. The molecule has 2 aliphatic heterocycles. The Morgan fingerprint density at radius 3 is 2.20 bits per heavy atom. The summed E-state index contributed by atoms with van der Waals surface area (Å²) in [5.74, 6) is -1.25. The van der Waals surface area contributed by atoms with E-state index >= 15 is 0 Å². The maximum atomic E-state index is 13.7. The summed E-state index contributed by atoms with van der Waals surface area (Å²) in [5, 5.41) is 29.6. The SMILES string of the molecule is CC1(CCCC(=O)O)C(/C=C/C2=C(O)C(=C/C=C3\N(CCCCS(=O)[O-])c4ccccc4C3(C)CCCCOO)C2=O)=[N+](CCCCS(=O)[O-])c2ccccc21. The molecule has 0 saturated carbocycles. The summed E-state index contributed by atoms with van der Waals surface area (Å²) in [4.78, 5) is 31.7. The predicted molar refractivity (Wildman–Crippen MR) is 215 cm³/mol. The number of ketones is 1. The van der Waals surface area contributed by atoms with Gasteiger partial charge in [0, 0.05) is 65.4 Å². The second-order valence-electron chi connectivity index (χ2n) is 14.9. The second kappa shape index (κ2) is 19.4. The van der Waals surface area contributed by atoms with Crippen LogP contribution in [0, 0.1) is 0 Å². The molecule has 0 amide bonds. The van der Waals surface area contributed by atoms with Gasteiger partial charge >= 0.3 is 5.97 Å². The van der Waals surface area contributed by atoms with Crippen molar-refractivity contribution in [1.29, 1.82) is 0 Å². The lowest BCUT2D eigenvalue weighted by molar-refractivity contribution is -0.438. The van der Waals surface area contributed by atoms with E-state index in [2.05, 4.69) is 27.4 Å². The topological polar surface area (TPSA) is 191 Å². The number of nitrogens with zero attached hydrogens (tertiary/aromatic N) is 2. The van der Waals surface area contributed by atoms with Gasteiger partial charge in [0.25, 0.3) is 0 Å². The molecule has 4 atom stereocenters. The molecule has 3 aliphatic rings. The zero-order valence-corrected chi connectivity index (χ0v) is 33.6. The Bertz CT molecular complexity index is 2000. The Balaban J connectivity index is 1.49. The third-order valence-corrected chi connectivity index (χ3v) is 12.5. The number of hydrogen-bond acceptors (Lipinski definition) is 10. The Hall–Kier alpha value is -4.05. The molecule has 0 bridgehead atoms. The van der Waals surface area contributed by atoms with Crippen molar-refractivity contribution < 1.29 is 52.0 Å². The van der Waals surface area contributed by atoms with Crippen LogP contribution in [-0.4, -0.2) is 86.2 Å². The van der Waals surface area contributed by atoms with Crippen molar-refractivity contribution in [3.8, 4) is 0 Å². The fourth-order valence-corrected chi connectivity index (χ4v) is 9.21. The lowest BCUT2D eigenvalue weighted by Gasteiger charge is -2.31. The number of Topliss-reactive ketones (excluding diaryl/α,β-unsaturated/α-hetero) is 1. The molecule has 0 spiro atoms. The van der Waals surface area contributed by atoms with Gasteiger partial charge in [0.15, 0.2) is 5.71 Å². The third kappa shape index (κ3) is 9.55. The number of anilines is 1. The minimum atomic E-state index is -2.15. The molecule has 0 radical (unpaired) electrons. The maximum absolute atomic E-state index is 13.7. The van der Waals surface area contributed by atoms with Crippen LogP contribution in [-0.2, 0) is 47.5 Å². The molecule has 0 fully saturated rings. The van der Waals surface area contributed by atoms with Gasteiger partial charge < -0.3 is 24.2 Å². The predicted octanol–water partition coefficient (Wildman–Crippen LogP) is 6.82. The molecule has 0 aromatic heterocycles. The van der Waals surface area contributed by atoms with Crippen LogP contribution in [0.2, 0.25) is 0 Å². The molecule has 2 aromatic rings. The van der Waals surface area contributed by atoms with Crippen LogP contribution in [0.3, 0.4) is 0 Å². The molecule has 2 heterocycles. The van der Waals surface area contributed by atoms with E-state index in [9.17, 15) is 37.3 Å². The summed E-state index contributed by atoms with van der Waals surface area (Å²) in [6.07, 6.45) is 12.2. The smallest absolute Gasteiger partial charge is 0.303 e. The fourth-order valence-electron chi connectivity index (χ4n) is 8.33. The number of carboxylic acid groups (broad SMARTS) is 1. The van der Waals surface area contributed by atoms with Crippen LogP contribution in [0.15, 0.2) is 95.4 Å². The Kier molecular flexibility index (Phi) is 14.9. The molecule has 2 aromatic carbocycles. The quantitative estimate of drug-likeness (QED) is 0.0283. The van der Waals surface area contributed by atoms with Crippen molar-refractivity contribution in [2.45, 2.75) is 88.9 Å². The van der Waals surface area contributed by atoms with Crippen molar-refractivity contribution in [2.75, 3.05) is 36.1 Å². The van der Waals surface area contributed by atoms with E-state index in [1.807, 2.05) is 61.5 Å². The monoisotopic (exact) mass is 807 g/mol. The van der Waals surface area contributed by atoms with E-state index in [0.717, 1.165) is 40.3 Å². The van der Waals surface area contributed by atoms with Gasteiger partial charge in [-0.05, 0) is 95.1 Å². The maximum Gasteiger partial charge on any atom is 0.303 e. The van der Waals surface area contributed by atoms with Crippen LogP contribution < -0.4 is 4.90 Å². The van der Waals surface area contributed by atoms with E-state index in [0.29, 0.717) is 64.5 Å². The number of fused-ring (bicyclic) bond motifs is 2. The summed E-state index contributed by atoms with van der Waals surface area (Å²) in [6, 6.07) is 15.9. The van der Waals surface area contributed by atoms with Crippen LogP contribution in [0.5, 0.6) is 0 Å². The molecule has 1 aliphatic carbocycles. The summed E-state index contributed by atoms with van der Waals surface area (Å²) in [5.41, 5.74) is 5.02. The number of hydrogen-bond donors (Lipinski definition) is 3. The zero-order valence-electron chi connectivity index (χ0n) is 31.9. The number of carbonyl (C=O) groups is 2. The molecule has 0 saturated heterocycles. The van der Waals surface area contributed by atoms with Gasteiger partial charge in [0.1, 0.15) is 12.3 Å². The van der Waals surface area contributed by atoms with Crippen LogP contribution in [0.1, 0.15) is 89.2 Å². The largest absolute Gasteiger partial charge is 0.772 e. The summed E-state index contributed by atoms with van der Waals surface area (Å²) < 4.78 is 47.0. The second-order valence-corrected chi connectivity index (χ2v) is 16.9.